The Bertz CT molecular complexity index is 343. The highest BCUT2D eigenvalue weighted by molar-refractivity contribution is 9.10. The first kappa shape index (κ1) is 15.0. The predicted octanol–water partition coefficient (Wildman–Crippen LogP) is 1.74. The summed E-state index contributed by atoms with van der Waals surface area (Å²) < 4.78 is 2.87. The van der Waals surface area contributed by atoms with Crippen LogP contribution in [0.1, 0.15) is 13.8 Å². The molecule has 1 aromatic rings. The zero-order valence-electron chi connectivity index (χ0n) is 10.5. The lowest BCUT2D eigenvalue weighted by Gasteiger charge is -2.25. The molecule has 1 rings (SSSR count). The van der Waals surface area contributed by atoms with Crippen molar-refractivity contribution in [2.45, 2.75) is 32.0 Å². The Morgan fingerprint density at radius 2 is 2.41 bits per heavy atom. The maximum absolute atomic E-state index is 10.0. The molecule has 4 nitrogen and oxygen atoms in total. The van der Waals surface area contributed by atoms with Crippen LogP contribution in [0, 0.1) is 0 Å². The minimum Gasteiger partial charge on any atom is -0.388 e. The van der Waals surface area contributed by atoms with Crippen LogP contribution in [0.25, 0.3) is 0 Å². The number of nitrogens with one attached hydrogen (secondary N) is 1. The monoisotopic (exact) mass is 321 g/mol. The van der Waals surface area contributed by atoms with Crippen molar-refractivity contribution in [1.29, 1.82) is 0 Å². The Morgan fingerprint density at radius 1 is 1.71 bits per heavy atom. The average molecular weight is 322 g/mol. The van der Waals surface area contributed by atoms with Crippen LogP contribution in [0.3, 0.4) is 0 Å². The first-order valence-electron chi connectivity index (χ1n) is 5.55. The van der Waals surface area contributed by atoms with Crippen LogP contribution in [0.15, 0.2) is 16.9 Å². The summed E-state index contributed by atoms with van der Waals surface area (Å²) in [6.07, 6.45) is 5.72. The summed E-state index contributed by atoms with van der Waals surface area (Å²) in [6.45, 7) is 5.33. The molecular weight excluding hydrogens is 302 g/mol. The van der Waals surface area contributed by atoms with Gasteiger partial charge in [-0.05, 0) is 36.0 Å². The third kappa shape index (κ3) is 5.90. The summed E-state index contributed by atoms with van der Waals surface area (Å²) in [7, 11) is 0. The third-order valence-corrected chi connectivity index (χ3v) is 3.67. The van der Waals surface area contributed by atoms with Crippen molar-refractivity contribution < 1.29 is 5.11 Å². The Balaban J connectivity index is 2.32. The smallest absolute Gasteiger partial charge is 0.0833 e. The Morgan fingerprint density at radius 3 is 2.94 bits per heavy atom. The van der Waals surface area contributed by atoms with E-state index in [-0.39, 0.29) is 6.04 Å². The van der Waals surface area contributed by atoms with Crippen LogP contribution in [-0.2, 0) is 6.54 Å². The second-order valence-electron chi connectivity index (χ2n) is 4.59. The van der Waals surface area contributed by atoms with Crippen molar-refractivity contribution in [3.63, 3.8) is 0 Å². The molecule has 98 valence electrons. The highest BCUT2D eigenvalue weighted by Crippen LogP contribution is 2.10. The van der Waals surface area contributed by atoms with Gasteiger partial charge in [0.1, 0.15) is 0 Å². The van der Waals surface area contributed by atoms with E-state index in [0.29, 0.717) is 6.54 Å². The van der Waals surface area contributed by atoms with Crippen LogP contribution < -0.4 is 5.32 Å². The van der Waals surface area contributed by atoms with E-state index in [9.17, 15) is 5.11 Å². The lowest BCUT2D eigenvalue weighted by Crippen LogP contribution is -2.44. The summed E-state index contributed by atoms with van der Waals surface area (Å²) in [6, 6.07) is 0.273. The fraction of sp³-hybridized carbons (Fsp3) is 0.727. The number of rotatable bonds is 7. The van der Waals surface area contributed by atoms with E-state index < -0.39 is 5.60 Å². The van der Waals surface area contributed by atoms with Crippen LogP contribution in [0.2, 0.25) is 0 Å². The summed E-state index contributed by atoms with van der Waals surface area (Å²) in [4.78, 5) is 0. The number of halogens is 1. The van der Waals surface area contributed by atoms with Gasteiger partial charge in [0.05, 0.1) is 22.8 Å². The van der Waals surface area contributed by atoms with E-state index >= 15 is 0 Å². The average Bonchev–Trinajstić information content (AvgIpc) is 2.61. The number of thioether (sulfide) groups is 1. The van der Waals surface area contributed by atoms with Gasteiger partial charge in [0.15, 0.2) is 0 Å². The molecule has 0 saturated heterocycles. The van der Waals surface area contributed by atoms with Crippen molar-refractivity contribution in [2.75, 3.05) is 18.6 Å². The van der Waals surface area contributed by atoms with Gasteiger partial charge < -0.3 is 10.4 Å². The lowest BCUT2D eigenvalue weighted by atomic mass is 10.1. The maximum atomic E-state index is 10.0. The van der Waals surface area contributed by atoms with Crippen molar-refractivity contribution in [3.8, 4) is 0 Å². The van der Waals surface area contributed by atoms with Gasteiger partial charge >= 0.3 is 0 Å². The molecule has 0 aliphatic carbocycles. The topological polar surface area (TPSA) is 50.1 Å². The molecule has 1 heterocycles. The molecule has 0 aromatic carbocycles. The minimum atomic E-state index is -0.654. The predicted molar refractivity (Wildman–Crippen MR) is 76.4 cm³/mol. The quantitative estimate of drug-likeness (QED) is 0.803. The van der Waals surface area contributed by atoms with Crippen molar-refractivity contribution in [3.05, 3.63) is 16.9 Å². The molecule has 6 heteroatoms. The van der Waals surface area contributed by atoms with Gasteiger partial charge in [0.25, 0.3) is 0 Å². The van der Waals surface area contributed by atoms with Gasteiger partial charge in [0, 0.05) is 24.5 Å². The van der Waals surface area contributed by atoms with Crippen LogP contribution in [0.5, 0.6) is 0 Å². The molecule has 0 amide bonds. The summed E-state index contributed by atoms with van der Waals surface area (Å²) >= 11 is 5.02. The number of nitrogens with zero attached hydrogens (tertiary/aromatic N) is 2. The van der Waals surface area contributed by atoms with Crippen molar-refractivity contribution in [2.24, 2.45) is 0 Å². The largest absolute Gasteiger partial charge is 0.388 e. The molecule has 0 spiro atoms. The second-order valence-corrected chi connectivity index (χ2v) is 6.37. The summed E-state index contributed by atoms with van der Waals surface area (Å²) in [5.41, 5.74) is -0.654. The maximum Gasteiger partial charge on any atom is 0.0833 e. The SMILES string of the molecule is CSC[C@@](C)(O)CN[C@@H](C)Cn1cc(Br)cn1. The van der Waals surface area contributed by atoms with Gasteiger partial charge in [-0.15, -0.1) is 0 Å². The van der Waals surface area contributed by atoms with E-state index in [2.05, 4.69) is 33.3 Å². The molecule has 0 fully saturated rings. The van der Waals surface area contributed by atoms with E-state index in [4.69, 9.17) is 0 Å². The molecule has 0 radical (unpaired) electrons. The molecular formula is C11H20BrN3OS. The summed E-state index contributed by atoms with van der Waals surface area (Å²) in [5, 5.41) is 17.5. The first-order chi connectivity index (χ1) is 7.93. The Labute approximate surface area is 115 Å². The lowest BCUT2D eigenvalue weighted by molar-refractivity contribution is 0.0812. The third-order valence-electron chi connectivity index (χ3n) is 2.35. The molecule has 1 aromatic heterocycles. The Hall–Kier alpha value is -0.0400. The minimum absolute atomic E-state index is 0.273. The zero-order valence-corrected chi connectivity index (χ0v) is 12.9. The van der Waals surface area contributed by atoms with Gasteiger partial charge in [-0.2, -0.15) is 16.9 Å². The molecule has 17 heavy (non-hydrogen) atoms. The van der Waals surface area contributed by atoms with Gasteiger partial charge in [-0.3, -0.25) is 4.68 Å². The fourth-order valence-corrected chi connectivity index (χ4v) is 2.59. The number of hydrogen-bond acceptors (Lipinski definition) is 4. The molecule has 0 unspecified atom stereocenters. The molecule has 0 saturated carbocycles. The molecule has 0 bridgehead atoms. The van der Waals surface area contributed by atoms with Gasteiger partial charge in [-0.25, -0.2) is 0 Å². The fourth-order valence-electron chi connectivity index (χ4n) is 1.54. The van der Waals surface area contributed by atoms with Crippen molar-refractivity contribution >= 4 is 27.7 Å². The standard InChI is InChI=1S/C11H20BrN3OS/c1-9(5-15-6-10(12)4-14-15)13-7-11(2,16)8-17-3/h4,6,9,13,16H,5,7-8H2,1-3H3/t9-,11-/m0/s1. The highest BCUT2D eigenvalue weighted by atomic mass is 79.9. The molecule has 0 aliphatic heterocycles. The van der Waals surface area contributed by atoms with Crippen LogP contribution in [-0.4, -0.2) is 45.1 Å². The van der Waals surface area contributed by atoms with E-state index in [1.165, 1.54) is 0 Å². The molecule has 2 atom stereocenters. The normalized spacial score (nSPS) is 16.8. The van der Waals surface area contributed by atoms with Crippen molar-refractivity contribution in [1.82, 2.24) is 15.1 Å². The summed E-state index contributed by atoms with van der Waals surface area (Å²) in [5.74, 6) is 0.736. The Kier molecular flexibility index (Phi) is 5.99. The second kappa shape index (κ2) is 6.78. The molecule has 0 aliphatic rings. The number of aromatic nitrogens is 2. The first-order valence-corrected chi connectivity index (χ1v) is 7.74. The molecule has 2 N–H and O–H groups in total. The zero-order chi connectivity index (χ0) is 12.9. The van der Waals surface area contributed by atoms with Gasteiger partial charge in [-0.1, -0.05) is 0 Å². The van der Waals surface area contributed by atoms with Gasteiger partial charge in [0.2, 0.25) is 0 Å². The number of aliphatic hydroxyl groups is 1. The van der Waals surface area contributed by atoms with Crippen LogP contribution >= 0.6 is 27.7 Å². The van der Waals surface area contributed by atoms with Crippen LogP contribution in [0.4, 0.5) is 0 Å². The van der Waals surface area contributed by atoms with E-state index in [1.807, 2.05) is 24.1 Å². The highest BCUT2D eigenvalue weighted by Gasteiger charge is 2.20. The van der Waals surface area contributed by atoms with E-state index in [0.717, 1.165) is 16.8 Å². The van der Waals surface area contributed by atoms with E-state index in [1.54, 1.807) is 18.0 Å². The number of hydrogen-bond donors (Lipinski definition) is 2.